The average Bonchev–Trinajstić information content (AvgIpc) is 3.34. The minimum atomic E-state index is -0.208. The molecule has 1 saturated carbocycles. The van der Waals surface area contributed by atoms with Gasteiger partial charge in [-0.3, -0.25) is 14.5 Å². The van der Waals surface area contributed by atoms with Gasteiger partial charge < -0.3 is 11.1 Å². The first kappa shape index (κ1) is 15.0. The van der Waals surface area contributed by atoms with Crippen LogP contribution in [0.3, 0.4) is 0 Å². The number of para-hydroxylation sites is 1. The summed E-state index contributed by atoms with van der Waals surface area (Å²) in [6.07, 6.45) is 3.87. The number of rotatable bonds is 5. The van der Waals surface area contributed by atoms with Crippen molar-refractivity contribution in [3.8, 4) is 0 Å². The largest absolute Gasteiger partial charge is 0.369 e. The Balaban J connectivity index is 1.66. The maximum Gasteiger partial charge on any atom is 0.227 e. The van der Waals surface area contributed by atoms with E-state index in [1.54, 1.807) is 0 Å². The van der Waals surface area contributed by atoms with E-state index in [1.165, 1.54) is 0 Å². The second kappa shape index (κ2) is 6.48. The van der Waals surface area contributed by atoms with E-state index in [0.717, 1.165) is 50.0 Å². The number of anilines is 1. The van der Waals surface area contributed by atoms with Gasteiger partial charge >= 0.3 is 0 Å². The molecule has 1 aromatic carbocycles. The highest BCUT2D eigenvalue weighted by Crippen LogP contribution is 2.31. The number of nitrogens with zero attached hydrogens (tertiary/aromatic N) is 1. The quantitative estimate of drug-likeness (QED) is 0.869. The fraction of sp³-hybridized carbons (Fsp3) is 0.529. The molecule has 0 spiro atoms. The molecule has 0 bridgehead atoms. The van der Waals surface area contributed by atoms with E-state index < -0.39 is 0 Å². The maximum absolute atomic E-state index is 12.0. The summed E-state index contributed by atoms with van der Waals surface area (Å²) in [4.78, 5) is 25.6. The van der Waals surface area contributed by atoms with Crippen molar-refractivity contribution in [3.05, 3.63) is 29.8 Å². The lowest BCUT2D eigenvalue weighted by Crippen LogP contribution is -2.40. The molecular weight excluding hydrogens is 278 g/mol. The Morgan fingerprint density at radius 2 is 1.95 bits per heavy atom. The highest BCUT2D eigenvalue weighted by Gasteiger charge is 2.30. The number of hydrogen-bond acceptors (Lipinski definition) is 3. The van der Waals surface area contributed by atoms with Crippen molar-refractivity contribution in [2.45, 2.75) is 32.2 Å². The lowest BCUT2D eigenvalue weighted by molar-refractivity contribution is -0.123. The highest BCUT2D eigenvalue weighted by molar-refractivity contribution is 5.94. The third kappa shape index (κ3) is 3.65. The SMILES string of the molecule is NC(=O)C1CCCN(Cc2ccccc2NC(=O)C2CC2)C1. The third-order valence-electron chi connectivity index (χ3n) is 4.53. The first-order valence-corrected chi connectivity index (χ1v) is 8.04. The highest BCUT2D eigenvalue weighted by atomic mass is 16.2. The minimum absolute atomic E-state index is 0.0537. The maximum atomic E-state index is 12.0. The number of likely N-dealkylation sites (tertiary alicyclic amines) is 1. The number of nitrogens with two attached hydrogens (primary N) is 1. The molecule has 3 N–H and O–H groups in total. The van der Waals surface area contributed by atoms with Crippen molar-refractivity contribution in [1.82, 2.24) is 4.90 Å². The van der Waals surface area contributed by atoms with Gasteiger partial charge in [-0.2, -0.15) is 0 Å². The van der Waals surface area contributed by atoms with E-state index in [-0.39, 0.29) is 23.7 Å². The lowest BCUT2D eigenvalue weighted by atomic mass is 9.97. The van der Waals surface area contributed by atoms with E-state index in [4.69, 9.17) is 5.73 Å². The van der Waals surface area contributed by atoms with Crippen molar-refractivity contribution in [2.24, 2.45) is 17.6 Å². The molecule has 1 saturated heterocycles. The van der Waals surface area contributed by atoms with E-state index >= 15 is 0 Å². The zero-order valence-electron chi connectivity index (χ0n) is 12.8. The molecule has 0 radical (unpaired) electrons. The zero-order chi connectivity index (χ0) is 15.5. The second-order valence-electron chi connectivity index (χ2n) is 6.40. The fourth-order valence-electron chi connectivity index (χ4n) is 3.03. The number of hydrogen-bond donors (Lipinski definition) is 2. The van der Waals surface area contributed by atoms with Gasteiger partial charge in [0.2, 0.25) is 11.8 Å². The van der Waals surface area contributed by atoms with E-state index in [1.807, 2.05) is 24.3 Å². The summed E-state index contributed by atoms with van der Waals surface area (Å²) in [5, 5.41) is 3.04. The molecule has 1 aliphatic heterocycles. The van der Waals surface area contributed by atoms with Gasteiger partial charge in [0.1, 0.15) is 0 Å². The molecular formula is C17H23N3O2. The molecule has 0 aromatic heterocycles. The van der Waals surface area contributed by atoms with Gasteiger partial charge in [-0.25, -0.2) is 0 Å². The summed E-state index contributed by atoms with van der Waals surface area (Å²) in [5.41, 5.74) is 7.42. The number of primary amides is 1. The zero-order valence-corrected chi connectivity index (χ0v) is 12.8. The van der Waals surface area contributed by atoms with E-state index in [9.17, 15) is 9.59 Å². The molecule has 2 amide bonds. The Hall–Kier alpha value is -1.88. The van der Waals surface area contributed by atoms with Crippen molar-refractivity contribution >= 4 is 17.5 Å². The molecule has 1 heterocycles. The molecule has 5 heteroatoms. The molecule has 1 atom stereocenters. The van der Waals surface area contributed by atoms with Gasteiger partial charge in [0, 0.05) is 24.7 Å². The Morgan fingerprint density at radius 1 is 1.18 bits per heavy atom. The van der Waals surface area contributed by atoms with Gasteiger partial charge in [0.25, 0.3) is 0 Å². The van der Waals surface area contributed by atoms with Crippen molar-refractivity contribution in [1.29, 1.82) is 0 Å². The Kier molecular flexibility index (Phi) is 4.43. The van der Waals surface area contributed by atoms with Crippen LogP contribution in [0, 0.1) is 11.8 Å². The van der Waals surface area contributed by atoms with Gasteiger partial charge in [-0.15, -0.1) is 0 Å². The van der Waals surface area contributed by atoms with Crippen LogP contribution in [0.5, 0.6) is 0 Å². The summed E-state index contributed by atoms with van der Waals surface area (Å²) in [6, 6.07) is 7.91. The normalized spacial score (nSPS) is 22.3. The summed E-state index contributed by atoms with van der Waals surface area (Å²) in [6.45, 7) is 2.42. The van der Waals surface area contributed by atoms with Crippen molar-refractivity contribution < 1.29 is 9.59 Å². The predicted molar refractivity (Wildman–Crippen MR) is 85.0 cm³/mol. The topological polar surface area (TPSA) is 75.4 Å². The molecule has 1 unspecified atom stereocenters. The van der Waals surface area contributed by atoms with E-state index in [2.05, 4.69) is 10.2 Å². The number of amides is 2. The Bertz CT molecular complexity index is 569. The van der Waals surface area contributed by atoms with Gasteiger partial charge in [-0.05, 0) is 43.9 Å². The molecule has 118 valence electrons. The first-order chi connectivity index (χ1) is 10.6. The molecule has 2 fully saturated rings. The van der Waals surface area contributed by atoms with Gasteiger partial charge in [0.05, 0.1) is 5.92 Å². The summed E-state index contributed by atoms with van der Waals surface area (Å²) in [7, 11) is 0. The second-order valence-corrected chi connectivity index (χ2v) is 6.40. The standard InChI is InChI=1S/C17H23N3O2/c18-16(21)14-5-3-9-20(11-14)10-13-4-1-2-6-15(13)19-17(22)12-7-8-12/h1-2,4,6,12,14H,3,5,7-11H2,(H2,18,21)(H,19,22). The predicted octanol–water partition coefficient (Wildman–Crippen LogP) is 1.73. The summed E-state index contributed by atoms with van der Waals surface area (Å²) >= 11 is 0. The van der Waals surface area contributed by atoms with Crippen LogP contribution in [0.25, 0.3) is 0 Å². The van der Waals surface area contributed by atoms with Crippen molar-refractivity contribution in [2.75, 3.05) is 18.4 Å². The molecule has 5 nitrogen and oxygen atoms in total. The number of carbonyl (C=O) groups excluding carboxylic acids is 2. The number of benzene rings is 1. The van der Waals surface area contributed by atoms with Crippen LogP contribution in [-0.4, -0.2) is 29.8 Å². The molecule has 2 aliphatic rings. The van der Waals surface area contributed by atoms with Gasteiger partial charge in [-0.1, -0.05) is 18.2 Å². The smallest absolute Gasteiger partial charge is 0.227 e. The Labute approximate surface area is 130 Å². The molecule has 3 rings (SSSR count). The number of piperidine rings is 1. The molecule has 1 aromatic rings. The minimum Gasteiger partial charge on any atom is -0.369 e. The van der Waals surface area contributed by atoms with Crippen molar-refractivity contribution in [3.63, 3.8) is 0 Å². The molecule has 22 heavy (non-hydrogen) atoms. The summed E-state index contributed by atoms with van der Waals surface area (Å²) in [5.74, 6) is 0.0605. The van der Waals surface area contributed by atoms with Crippen LogP contribution in [-0.2, 0) is 16.1 Å². The van der Waals surface area contributed by atoms with Crippen LogP contribution in [0.4, 0.5) is 5.69 Å². The molecule has 1 aliphatic carbocycles. The first-order valence-electron chi connectivity index (χ1n) is 8.04. The van der Waals surface area contributed by atoms with E-state index in [0.29, 0.717) is 6.54 Å². The van der Waals surface area contributed by atoms with Gasteiger partial charge in [0.15, 0.2) is 0 Å². The number of carbonyl (C=O) groups is 2. The summed E-state index contributed by atoms with van der Waals surface area (Å²) < 4.78 is 0. The monoisotopic (exact) mass is 301 g/mol. The van der Waals surface area contributed by atoms with Crippen LogP contribution >= 0.6 is 0 Å². The van der Waals surface area contributed by atoms with Crippen LogP contribution in [0.2, 0.25) is 0 Å². The van der Waals surface area contributed by atoms with Crippen LogP contribution in [0.15, 0.2) is 24.3 Å². The fourth-order valence-corrected chi connectivity index (χ4v) is 3.03. The number of nitrogens with one attached hydrogen (secondary N) is 1. The van der Waals surface area contributed by atoms with Crippen LogP contribution in [0.1, 0.15) is 31.2 Å². The average molecular weight is 301 g/mol. The van der Waals surface area contributed by atoms with Crippen LogP contribution < -0.4 is 11.1 Å². The third-order valence-corrected chi connectivity index (χ3v) is 4.53. The Morgan fingerprint density at radius 3 is 2.68 bits per heavy atom. The lowest BCUT2D eigenvalue weighted by Gasteiger charge is -2.31.